The van der Waals surface area contributed by atoms with Crippen LogP contribution >= 0.6 is 0 Å². The van der Waals surface area contributed by atoms with Gasteiger partial charge in [0.2, 0.25) is 0 Å². The summed E-state index contributed by atoms with van der Waals surface area (Å²) in [6.07, 6.45) is -0.423. The third-order valence-electron chi connectivity index (χ3n) is 3.20. The third kappa shape index (κ3) is 3.51. The van der Waals surface area contributed by atoms with Crippen LogP contribution in [0.1, 0.15) is 12.0 Å². The molecule has 1 fully saturated rings. The van der Waals surface area contributed by atoms with E-state index in [0.717, 1.165) is 19.5 Å². The first kappa shape index (κ1) is 12.5. The Kier molecular flexibility index (Phi) is 4.50. The number of rotatable bonds is 5. The lowest BCUT2D eigenvalue weighted by atomic mass is 10.1. The van der Waals surface area contributed by atoms with Crippen molar-refractivity contribution in [2.24, 2.45) is 0 Å². The molecule has 17 heavy (non-hydrogen) atoms. The zero-order valence-corrected chi connectivity index (χ0v) is 9.84. The first-order valence-electron chi connectivity index (χ1n) is 6.11. The van der Waals surface area contributed by atoms with Gasteiger partial charge in [-0.05, 0) is 18.5 Å². The van der Waals surface area contributed by atoms with Crippen molar-refractivity contribution in [3.8, 4) is 0 Å². The Morgan fingerprint density at radius 1 is 1.24 bits per heavy atom. The van der Waals surface area contributed by atoms with Gasteiger partial charge in [-0.15, -0.1) is 0 Å². The molecule has 4 N–H and O–H groups in total. The summed E-state index contributed by atoms with van der Waals surface area (Å²) in [5.41, 5.74) is 1.26. The minimum atomic E-state index is -0.631. The second-order valence-electron chi connectivity index (χ2n) is 4.52. The van der Waals surface area contributed by atoms with Crippen LogP contribution < -0.4 is 10.6 Å². The van der Waals surface area contributed by atoms with Gasteiger partial charge >= 0.3 is 0 Å². The highest BCUT2D eigenvalue weighted by Crippen LogP contribution is 2.10. The Morgan fingerprint density at radius 3 is 2.65 bits per heavy atom. The van der Waals surface area contributed by atoms with Crippen LogP contribution in [0.2, 0.25) is 0 Å². The number of aliphatic hydroxyl groups excluding tert-OH is 2. The number of aliphatic hydroxyl groups is 2. The maximum atomic E-state index is 9.63. The Balaban J connectivity index is 1.64. The number of hydrogen-bond acceptors (Lipinski definition) is 4. The van der Waals surface area contributed by atoms with Gasteiger partial charge in [0.05, 0.1) is 12.2 Å². The van der Waals surface area contributed by atoms with E-state index in [1.165, 1.54) is 5.56 Å². The standard InChI is InChI=1S/C13H20N2O2/c16-12-9-15-11(13(12)17)6-7-14-8-10-4-2-1-3-5-10/h1-5,11-17H,6-9H2/t11-,12-,13+/m1/s1. The van der Waals surface area contributed by atoms with Crippen molar-refractivity contribution in [2.75, 3.05) is 13.1 Å². The van der Waals surface area contributed by atoms with E-state index in [1.54, 1.807) is 0 Å². The fraction of sp³-hybridized carbons (Fsp3) is 0.538. The van der Waals surface area contributed by atoms with Gasteiger partial charge in [0.1, 0.15) is 0 Å². The van der Waals surface area contributed by atoms with Crippen molar-refractivity contribution in [2.45, 2.75) is 31.2 Å². The topological polar surface area (TPSA) is 64.5 Å². The molecule has 2 rings (SSSR count). The van der Waals surface area contributed by atoms with Gasteiger partial charge in [0.15, 0.2) is 0 Å². The predicted octanol–water partition coefficient (Wildman–Crippen LogP) is -0.140. The zero-order chi connectivity index (χ0) is 12.1. The van der Waals surface area contributed by atoms with Gasteiger partial charge in [-0.25, -0.2) is 0 Å². The quantitative estimate of drug-likeness (QED) is 0.537. The molecule has 0 amide bonds. The molecule has 0 saturated carbocycles. The molecule has 0 radical (unpaired) electrons. The molecule has 94 valence electrons. The van der Waals surface area contributed by atoms with Crippen molar-refractivity contribution < 1.29 is 10.2 Å². The van der Waals surface area contributed by atoms with Gasteiger partial charge < -0.3 is 20.8 Å². The summed E-state index contributed by atoms with van der Waals surface area (Å²) < 4.78 is 0. The molecule has 0 aromatic heterocycles. The highest BCUT2D eigenvalue weighted by Gasteiger charge is 2.32. The van der Waals surface area contributed by atoms with Crippen LogP contribution in [0.5, 0.6) is 0 Å². The van der Waals surface area contributed by atoms with Gasteiger partial charge in [0.25, 0.3) is 0 Å². The van der Waals surface area contributed by atoms with Gasteiger partial charge in [0, 0.05) is 19.1 Å². The minimum Gasteiger partial charge on any atom is -0.389 e. The molecule has 4 heteroatoms. The van der Waals surface area contributed by atoms with Crippen molar-refractivity contribution in [1.82, 2.24) is 10.6 Å². The average Bonchev–Trinajstić information content (AvgIpc) is 2.67. The molecule has 1 aromatic rings. The van der Waals surface area contributed by atoms with Crippen LogP contribution in [0.3, 0.4) is 0 Å². The molecule has 3 atom stereocenters. The molecule has 0 unspecified atom stereocenters. The zero-order valence-electron chi connectivity index (χ0n) is 9.84. The van der Waals surface area contributed by atoms with Crippen LogP contribution in [0, 0.1) is 0 Å². The van der Waals surface area contributed by atoms with Crippen molar-refractivity contribution >= 4 is 0 Å². The fourth-order valence-electron chi connectivity index (χ4n) is 2.14. The third-order valence-corrected chi connectivity index (χ3v) is 3.20. The van der Waals surface area contributed by atoms with Crippen LogP contribution in [-0.2, 0) is 6.54 Å². The number of hydrogen-bond donors (Lipinski definition) is 4. The highest BCUT2D eigenvalue weighted by atomic mass is 16.3. The van der Waals surface area contributed by atoms with Crippen LogP contribution in [0.4, 0.5) is 0 Å². The van der Waals surface area contributed by atoms with E-state index < -0.39 is 12.2 Å². The van der Waals surface area contributed by atoms with Crippen molar-refractivity contribution in [3.05, 3.63) is 35.9 Å². The minimum absolute atomic E-state index is 0.00766. The lowest BCUT2D eigenvalue weighted by Crippen LogP contribution is -2.35. The Bertz CT molecular complexity index is 331. The van der Waals surface area contributed by atoms with E-state index in [2.05, 4.69) is 22.8 Å². The van der Waals surface area contributed by atoms with E-state index in [1.807, 2.05) is 18.2 Å². The first-order valence-corrected chi connectivity index (χ1v) is 6.11. The molecule has 1 aliphatic rings. The van der Waals surface area contributed by atoms with E-state index in [-0.39, 0.29) is 6.04 Å². The summed E-state index contributed by atoms with van der Waals surface area (Å²) >= 11 is 0. The van der Waals surface area contributed by atoms with E-state index >= 15 is 0 Å². The SMILES string of the molecule is O[C@@H]1[C@H](O)CN[C@@H]1CCNCc1ccccc1. The van der Waals surface area contributed by atoms with Gasteiger partial charge in [-0.1, -0.05) is 30.3 Å². The summed E-state index contributed by atoms with van der Waals surface area (Å²) in [7, 11) is 0. The molecule has 0 spiro atoms. The average molecular weight is 236 g/mol. The molecule has 1 aliphatic heterocycles. The number of β-amino-alcohol motifs (C(OH)–C–C–N with tert-alkyl or cyclic N) is 1. The smallest absolute Gasteiger partial charge is 0.0964 e. The molecule has 1 aromatic carbocycles. The molecule has 0 aliphatic carbocycles. The largest absolute Gasteiger partial charge is 0.389 e. The lowest BCUT2D eigenvalue weighted by molar-refractivity contribution is 0.0394. The van der Waals surface area contributed by atoms with Crippen LogP contribution in [0.25, 0.3) is 0 Å². The maximum Gasteiger partial charge on any atom is 0.0964 e. The molecular weight excluding hydrogens is 216 g/mol. The predicted molar refractivity (Wildman–Crippen MR) is 66.6 cm³/mol. The summed E-state index contributed by atoms with van der Waals surface area (Å²) in [4.78, 5) is 0. The summed E-state index contributed by atoms with van der Waals surface area (Å²) in [5.74, 6) is 0. The van der Waals surface area contributed by atoms with E-state index in [0.29, 0.717) is 6.54 Å². The van der Waals surface area contributed by atoms with Gasteiger partial charge in [-0.2, -0.15) is 0 Å². The molecule has 4 nitrogen and oxygen atoms in total. The number of nitrogens with one attached hydrogen (secondary N) is 2. The molecule has 1 saturated heterocycles. The monoisotopic (exact) mass is 236 g/mol. The molecule has 1 heterocycles. The van der Waals surface area contributed by atoms with Crippen LogP contribution in [0.15, 0.2) is 30.3 Å². The normalized spacial score (nSPS) is 28.5. The summed E-state index contributed by atoms with van der Waals surface area (Å²) in [6.45, 7) is 2.16. The number of benzene rings is 1. The highest BCUT2D eigenvalue weighted by molar-refractivity contribution is 5.14. The van der Waals surface area contributed by atoms with E-state index in [9.17, 15) is 10.2 Å². The second-order valence-corrected chi connectivity index (χ2v) is 4.52. The Morgan fingerprint density at radius 2 is 2.00 bits per heavy atom. The van der Waals surface area contributed by atoms with Gasteiger partial charge in [-0.3, -0.25) is 0 Å². The summed E-state index contributed by atoms with van der Waals surface area (Å²) in [5, 5.41) is 25.4. The Labute approximate surface area is 102 Å². The first-order chi connectivity index (χ1) is 8.27. The van der Waals surface area contributed by atoms with E-state index in [4.69, 9.17) is 0 Å². The van der Waals surface area contributed by atoms with Crippen molar-refractivity contribution in [1.29, 1.82) is 0 Å². The Hall–Kier alpha value is -0.940. The summed E-state index contributed by atoms with van der Waals surface area (Å²) in [6, 6.07) is 10.2. The maximum absolute atomic E-state index is 9.63. The van der Waals surface area contributed by atoms with Crippen molar-refractivity contribution in [3.63, 3.8) is 0 Å². The molecular formula is C13H20N2O2. The second kappa shape index (κ2) is 6.12. The van der Waals surface area contributed by atoms with Crippen LogP contribution in [-0.4, -0.2) is 41.6 Å². The molecule has 0 bridgehead atoms. The fourth-order valence-corrected chi connectivity index (χ4v) is 2.14. The lowest BCUT2D eigenvalue weighted by Gasteiger charge is -2.16.